The number of hydrogen-bond donors (Lipinski definition) is 2. The standard InChI is InChI=1S/C7H10N2O4/c1-4(10)8-5-2-9(7(5)13)3-6(11)12/h5H,2-3H2,1H3,(H,8,10)(H,11,12). The molecule has 72 valence electrons. The summed E-state index contributed by atoms with van der Waals surface area (Å²) in [7, 11) is 0. The molecule has 1 saturated heterocycles. The van der Waals surface area contributed by atoms with Crippen molar-refractivity contribution in [2.24, 2.45) is 0 Å². The van der Waals surface area contributed by atoms with Crippen LogP contribution in [0.2, 0.25) is 0 Å². The summed E-state index contributed by atoms with van der Waals surface area (Å²) in [6.07, 6.45) is 0. The molecule has 0 spiro atoms. The summed E-state index contributed by atoms with van der Waals surface area (Å²) < 4.78 is 0. The van der Waals surface area contributed by atoms with Gasteiger partial charge in [0.25, 0.3) is 0 Å². The maximum absolute atomic E-state index is 11.1. The number of carbonyl (C=O) groups excluding carboxylic acids is 2. The number of nitrogens with one attached hydrogen (secondary N) is 1. The van der Waals surface area contributed by atoms with Crippen LogP contribution in [0.3, 0.4) is 0 Å². The van der Waals surface area contributed by atoms with Gasteiger partial charge in [0.05, 0.1) is 6.54 Å². The van der Waals surface area contributed by atoms with E-state index in [9.17, 15) is 14.4 Å². The zero-order valence-electron chi connectivity index (χ0n) is 7.11. The third-order valence-electron chi connectivity index (χ3n) is 1.72. The Labute approximate surface area is 74.5 Å². The van der Waals surface area contributed by atoms with E-state index in [0.717, 1.165) is 0 Å². The Balaban J connectivity index is 2.35. The first kappa shape index (κ1) is 9.50. The number of β-lactam (4-membered cyclic amide) rings is 1. The molecule has 1 unspecified atom stereocenters. The van der Waals surface area contributed by atoms with Gasteiger partial charge in [-0.1, -0.05) is 0 Å². The zero-order chi connectivity index (χ0) is 10.0. The molecule has 0 bridgehead atoms. The average molecular weight is 186 g/mol. The summed E-state index contributed by atoms with van der Waals surface area (Å²) >= 11 is 0. The molecule has 0 aromatic rings. The molecule has 6 heteroatoms. The second-order valence-electron chi connectivity index (χ2n) is 2.87. The highest BCUT2D eigenvalue weighted by molar-refractivity contribution is 5.93. The van der Waals surface area contributed by atoms with Gasteiger partial charge in [0, 0.05) is 6.92 Å². The van der Waals surface area contributed by atoms with Crippen LogP contribution in [-0.4, -0.2) is 46.9 Å². The van der Waals surface area contributed by atoms with E-state index >= 15 is 0 Å². The van der Waals surface area contributed by atoms with Crippen molar-refractivity contribution in [1.82, 2.24) is 10.2 Å². The zero-order valence-corrected chi connectivity index (χ0v) is 7.11. The van der Waals surface area contributed by atoms with Gasteiger partial charge in [-0.2, -0.15) is 0 Å². The lowest BCUT2D eigenvalue weighted by Gasteiger charge is -2.37. The largest absolute Gasteiger partial charge is 0.480 e. The minimum atomic E-state index is -1.05. The Hall–Kier alpha value is -1.59. The Morgan fingerprint density at radius 2 is 2.31 bits per heavy atom. The van der Waals surface area contributed by atoms with Crippen molar-refractivity contribution in [3.63, 3.8) is 0 Å². The molecule has 2 N–H and O–H groups in total. The van der Waals surface area contributed by atoms with Gasteiger partial charge in [0.15, 0.2) is 0 Å². The van der Waals surface area contributed by atoms with Crippen molar-refractivity contribution in [3.8, 4) is 0 Å². The number of carboxylic acid groups (broad SMARTS) is 1. The van der Waals surface area contributed by atoms with Crippen LogP contribution in [0.5, 0.6) is 0 Å². The minimum absolute atomic E-state index is 0.282. The van der Waals surface area contributed by atoms with Gasteiger partial charge in [-0.25, -0.2) is 0 Å². The summed E-state index contributed by atoms with van der Waals surface area (Å²) in [5.41, 5.74) is 0. The van der Waals surface area contributed by atoms with Crippen LogP contribution >= 0.6 is 0 Å². The first-order valence-electron chi connectivity index (χ1n) is 3.78. The quantitative estimate of drug-likeness (QED) is 0.521. The first-order chi connectivity index (χ1) is 6.00. The monoisotopic (exact) mass is 186 g/mol. The maximum atomic E-state index is 11.1. The molecule has 1 atom stereocenters. The molecule has 1 aliphatic heterocycles. The molecule has 1 heterocycles. The molecule has 13 heavy (non-hydrogen) atoms. The van der Waals surface area contributed by atoms with Crippen LogP contribution < -0.4 is 5.32 Å². The third kappa shape index (κ3) is 2.17. The Morgan fingerprint density at radius 3 is 2.69 bits per heavy atom. The fourth-order valence-corrected chi connectivity index (χ4v) is 1.15. The van der Waals surface area contributed by atoms with Crippen molar-refractivity contribution in [2.45, 2.75) is 13.0 Å². The van der Waals surface area contributed by atoms with Crippen LogP contribution in [0.25, 0.3) is 0 Å². The molecule has 1 fully saturated rings. The van der Waals surface area contributed by atoms with Crippen molar-refractivity contribution >= 4 is 17.8 Å². The van der Waals surface area contributed by atoms with Gasteiger partial charge in [-0.15, -0.1) is 0 Å². The number of carboxylic acids is 1. The molecule has 1 aliphatic rings. The number of aliphatic carboxylic acids is 1. The van der Waals surface area contributed by atoms with Gasteiger partial charge < -0.3 is 15.3 Å². The van der Waals surface area contributed by atoms with Gasteiger partial charge in [0.2, 0.25) is 11.8 Å². The number of hydrogen-bond acceptors (Lipinski definition) is 3. The third-order valence-corrected chi connectivity index (χ3v) is 1.72. The van der Waals surface area contributed by atoms with Crippen LogP contribution in [0.1, 0.15) is 6.92 Å². The lowest BCUT2D eigenvalue weighted by Crippen LogP contribution is -2.64. The van der Waals surface area contributed by atoms with E-state index in [1.165, 1.54) is 11.8 Å². The fraction of sp³-hybridized carbons (Fsp3) is 0.571. The molecule has 0 aromatic heterocycles. The highest BCUT2D eigenvalue weighted by Crippen LogP contribution is 2.08. The van der Waals surface area contributed by atoms with Gasteiger partial charge in [0.1, 0.15) is 12.6 Å². The Bertz CT molecular complexity index is 239. The van der Waals surface area contributed by atoms with E-state index in [1.807, 2.05) is 0 Å². The van der Waals surface area contributed by atoms with Crippen LogP contribution in [0.4, 0.5) is 0 Å². The Kier molecular flexibility index (Phi) is 2.50. The SMILES string of the molecule is CC(=O)NC1CN(CC(=O)O)C1=O. The molecule has 0 aromatic carbocycles. The maximum Gasteiger partial charge on any atom is 0.323 e. The highest BCUT2D eigenvalue weighted by atomic mass is 16.4. The molecule has 0 radical (unpaired) electrons. The van der Waals surface area contributed by atoms with Gasteiger partial charge >= 0.3 is 5.97 Å². The normalized spacial score (nSPS) is 20.8. The number of likely N-dealkylation sites (tertiary alicyclic amines) is 1. The molecule has 6 nitrogen and oxygen atoms in total. The van der Waals surface area contributed by atoms with Crippen LogP contribution in [0.15, 0.2) is 0 Å². The smallest absolute Gasteiger partial charge is 0.323 e. The number of rotatable bonds is 3. The van der Waals surface area contributed by atoms with Crippen molar-refractivity contribution in [2.75, 3.05) is 13.1 Å². The van der Waals surface area contributed by atoms with E-state index < -0.39 is 12.0 Å². The average Bonchev–Trinajstić information content (AvgIpc) is 2.01. The predicted molar refractivity (Wildman–Crippen MR) is 41.8 cm³/mol. The number of nitrogens with zero attached hydrogens (tertiary/aromatic N) is 1. The van der Waals surface area contributed by atoms with E-state index in [2.05, 4.69) is 5.32 Å². The fourth-order valence-electron chi connectivity index (χ4n) is 1.15. The predicted octanol–water partition coefficient (Wildman–Crippen LogP) is -1.58. The van der Waals surface area contributed by atoms with Crippen molar-refractivity contribution in [3.05, 3.63) is 0 Å². The molecule has 2 amide bonds. The summed E-state index contributed by atoms with van der Waals surface area (Å²) in [5.74, 6) is -1.67. The molecular formula is C7H10N2O4. The topological polar surface area (TPSA) is 86.7 Å². The number of carbonyl (C=O) groups is 3. The number of amides is 2. The summed E-state index contributed by atoms with van der Waals surface area (Å²) in [4.78, 5) is 33.0. The summed E-state index contributed by atoms with van der Waals surface area (Å²) in [6.45, 7) is 1.30. The van der Waals surface area contributed by atoms with Gasteiger partial charge in [-0.05, 0) is 0 Å². The molecule has 1 rings (SSSR count). The second kappa shape index (κ2) is 3.42. The lowest BCUT2D eigenvalue weighted by atomic mass is 10.1. The highest BCUT2D eigenvalue weighted by Gasteiger charge is 2.37. The molecule has 0 aliphatic carbocycles. The van der Waals surface area contributed by atoms with Crippen LogP contribution in [0, 0.1) is 0 Å². The Morgan fingerprint density at radius 1 is 1.69 bits per heavy atom. The minimum Gasteiger partial charge on any atom is -0.480 e. The van der Waals surface area contributed by atoms with E-state index in [0.29, 0.717) is 0 Å². The summed E-state index contributed by atoms with van der Waals surface area (Å²) in [5, 5.41) is 10.8. The van der Waals surface area contributed by atoms with Crippen molar-refractivity contribution < 1.29 is 19.5 Å². The van der Waals surface area contributed by atoms with E-state index in [-0.39, 0.29) is 24.9 Å². The van der Waals surface area contributed by atoms with E-state index in [4.69, 9.17) is 5.11 Å². The van der Waals surface area contributed by atoms with E-state index in [1.54, 1.807) is 0 Å². The van der Waals surface area contributed by atoms with Crippen molar-refractivity contribution in [1.29, 1.82) is 0 Å². The lowest BCUT2D eigenvalue weighted by molar-refractivity contribution is -0.153. The summed E-state index contributed by atoms with van der Waals surface area (Å²) in [6, 6.07) is -0.531. The second-order valence-corrected chi connectivity index (χ2v) is 2.87. The van der Waals surface area contributed by atoms with Crippen LogP contribution in [-0.2, 0) is 14.4 Å². The van der Waals surface area contributed by atoms with Gasteiger partial charge in [-0.3, -0.25) is 14.4 Å². The first-order valence-corrected chi connectivity index (χ1v) is 3.78. The molecular weight excluding hydrogens is 176 g/mol. The molecule has 0 saturated carbocycles.